The van der Waals surface area contributed by atoms with Crippen molar-refractivity contribution in [1.29, 1.82) is 0 Å². The third-order valence-electron chi connectivity index (χ3n) is 3.42. The smallest absolute Gasteiger partial charge is 0.127 e. The van der Waals surface area contributed by atoms with E-state index in [1.807, 2.05) is 12.1 Å². The topological polar surface area (TPSA) is 0 Å². The first-order valence-corrected chi connectivity index (χ1v) is 9.36. The van der Waals surface area contributed by atoms with Crippen LogP contribution in [0.15, 0.2) is 46.9 Å². The summed E-state index contributed by atoms with van der Waals surface area (Å²) in [6, 6.07) is 11.5. The summed E-state index contributed by atoms with van der Waals surface area (Å²) in [7, 11) is 0. The monoisotopic (exact) mass is 480 g/mol. The summed E-state index contributed by atoms with van der Waals surface area (Å²) in [6.07, 6.45) is 0.529. The molecule has 0 amide bonds. The Bertz CT molecular complexity index is 604. The van der Waals surface area contributed by atoms with Crippen LogP contribution in [-0.4, -0.2) is 10.7 Å². The molecular formula is C16H13Br3F2. The van der Waals surface area contributed by atoms with E-state index in [-0.39, 0.29) is 11.6 Å². The predicted molar refractivity (Wildman–Crippen MR) is 93.5 cm³/mol. The first-order chi connectivity index (χ1) is 10.0. The lowest BCUT2D eigenvalue weighted by atomic mass is 9.79. The third-order valence-corrected chi connectivity index (χ3v) is 6.03. The van der Waals surface area contributed by atoms with Crippen LogP contribution in [0.1, 0.15) is 11.1 Å². The highest BCUT2D eigenvalue weighted by Gasteiger charge is 2.33. The molecule has 0 unspecified atom stereocenters. The van der Waals surface area contributed by atoms with Crippen LogP contribution >= 0.6 is 47.8 Å². The van der Waals surface area contributed by atoms with Crippen LogP contribution in [0.2, 0.25) is 0 Å². The Labute approximate surface area is 148 Å². The van der Waals surface area contributed by atoms with Crippen LogP contribution in [0.4, 0.5) is 8.78 Å². The second-order valence-electron chi connectivity index (χ2n) is 4.98. The Morgan fingerprint density at radius 2 is 1.62 bits per heavy atom. The molecule has 21 heavy (non-hydrogen) atoms. The van der Waals surface area contributed by atoms with Crippen LogP contribution < -0.4 is 0 Å². The standard InChI is InChI=1S/C16H13Br3F2/c17-9-16(10-18,14-3-1-2-4-15(14)21)8-11-5-12(19)7-13(20)6-11/h1-7H,8-10H2. The van der Waals surface area contributed by atoms with E-state index in [1.165, 1.54) is 18.2 Å². The molecule has 0 aliphatic rings. The summed E-state index contributed by atoms with van der Waals surface area (Å²) in [5, 5.41) is 1.14. The van der Waals surface area contributed by atoms with Crippen molar-refractivity contribution in [2.24, 2.45) is 0 Å². The highest BCUT2D eigenvalue weighted by atomic mass is 79.9. The third kappa shape index (κ3) is 3.93. The van der Waals surface area contributed by atoms with Crippen LogP contribution in [0, 0.1) is 11.6 Å². The van der Waals surface area contributed by atoms with Gasteiger partial charge in [0.25, 0.3) is 0 Å². The summed E-state index contributed by atoms with van der Waals surface area (Å²) >= 11 is 10.3. The van der Waals surface area contributed by atoms with Crippen molar-refractivity contribution in [2.45, 2.75) is 11.8 Å². The number of alkyl halides is 2. The fourth-order valence-corrected chi connectivity index (χ4v) is 4.81. The van der Waals surface area contributed by atoms with Gasteiger partial charge in [-0.25, -0.2) is 8.78 Å². The highest BCUT2D eigenvalue weighted by Crippen LogP contribution is 2.35. The average molecular weight is 483 g/mol. The van der Waals surface area contributed by atoms with Crippen molar-refractivity contribution in [1.82, 2.24) is 0 Å². The molecule has 2 aromatic rings. The Hall–Kier alpha value is -0.260. The first-order valence-electron chi connectivity index (χ1n) is 6.33. The van der Waals surface area contributed by atoms with Crippen molar-refractivity contribution >= 4 is 47.8 Å². The second-order valence-corrected chi connectivity index (χ2v) is 7.02. The van der Waals surface area contributed by atoms with E-state index in [9.17, 15) is 8.78 Å². The molecule has 0 saturated carbocycles. The summed E-state index contributed by atoms with van der Waals surface area (Å²) in [6.45, 7) is 0. The number of halogens is 5. The van der Waals surface area contributed by atoms with Gasteiger partial charge >= 0.3 is 0 Å². The summed E-state index contributed by atoms with van der Waals surface area (Å²) in [5.41, 5.74) is 0.974. The van der Waals surface area contributed by atoms with Gasteiger partial charge in [0.2, 0.25) is 0 Å². The molecule has 0 aromatic heterocycles. The average Bonchev–Trinajstić information content (AvgIpc) is 2.44. The van der Waals surface area contributed by atoms with Crippen LogP contribution in [0.5, 0.6) is 0 Å². The molecule has 2 aromatic carbocycles. The Morgan fingerprint density at radius 3 is 2.19 bits per heavy atom. The largest absolute Gasteiger partial charge is 0.207 e. The van der Waals surface area contributed by atoms with Gasteiger partial charge in [-0.3, -0.25) is 0 Å². The lowest BCUT2D eigenvalue weighted by molar-refractivity contribution is 0.499. The van der Waals surface area contributed by atoms with Gasteiger partial charge in [0.1, 0.15) is 11.6 Å². The van der Waals surface area contributed by atoms with Crippen LogP contribution in [0.3, 0.4) is 0 Å². The molecular weight excluding hydrogens is 470 g/mol. The number of hydrogen-bond donors (Lipinski definition) is 0. The molecule has 0 N–H and O–H groups in total. The molecule has 0 aliphatic carbocycles. The Kier molecular flexibility index (Phi) is 5.97. The van der Waals surface area contributed by atoms with Gasteiger partial charge < -0.3 is 0 Å². The molecule has 0 atom stereocenters. The molecule has 0 radical (unpaired) electrons. The SMILES string of the molecule is Fc1cc(Br)cc(CC(CBr)(CBr)c2ccccc2F)c1. The normalized spacial score (nSPS) is 11.7. The van der Waals surface area contributed by atoms with E-state index in [0.29, 0.717) is 27.1 Å². The van der Waals surface area contributed by atoms with Gasteiger partial charge in [0, 0.05) is 20.5 Å². The van der Waals surface area contributed by atoms with Gasteiger partial charge in [-0.2, -0.15) is 0 Å². The zero-order valence-corrected chi connectivity index (χ0v) is 15.8. The number of rotatable bonds is 5. The van der Waals surface area contributed by atoms with Gasteiger partial charge in [0.15, 0.2) is 0 Å². The minimum Gasteiger partial charge on any atom is -0.207 e. The molecule has 0 saturated heterocycles. The summed E-state index contributed by atoms with van der Waals surface area (Å²) in [5.74, 6) is -0.544. The van der Waals surface area contributed by atoms with Crippen molar-refractivity contribution in [2.75, 3.05) is 10.7 Å². The van der Waals surface area contributed by atoms with Crippen molar-refractivity contribution in [3.63, 3.8) is 0 Å². The molecule has 0 nitrogen and oxygen atoms in total. The highest BCUT2D eigenvalue weighted by molar-refractivity contribution is 9.10. The van der Waals surface area contributed by atoms with Crippen molar-refractivity contribution in [3.05, 3.63) is 69.7 Å². The zero-order valence-electron chi connectivity index (χ0n) is 11.1. The van der Waals surface area contributed by atoms with Gasteiger partial charge in [-0.05, 0) is 41.8 Å². The lowest BCUT2D eigenvalue weighted by Gasteiger charge is -2.31. The first kappa shape index (κ1) is 17.1. The Morgan fingerprint density at radius 1 is 0.952 bits per heavy atom. The van der Waals surface area contributed by atoms with Gasteiger partial charge in [0.05, 0.1) is 0 Å². The maximum atomic E-state index is 14.2. The molecule has 0 heterocycles. The fourth-order valence-electron chi connectivity index (χ4n) is 2.36. The zero-order chi connectivity index (χ0) is 15.5. The fraction of sp³-hybridized carbons (Fsp3) is 0.250. The van der Waals surface area contributed by atoms with Crippen LogP contribution in [-0.2, 0) is 11.8 Å². The summed E-state index contributed by atoms with van der Waals surface area (Å²) in [4.78, 5) is 0. The molecule has 0 spiro atoms. The number of hydrogen-bond acceptors (Lipinski definition) is 0. The summed E-state index contributed by atoms with van der Waals surface area (Å²) < 4.78 is 28.4. The van der Waals surface area contributed by atoms with E-state index in [2.05, 4.69) is 47.8 Å². The molecule has 0 bridgehead atoms. The second kappa shape index (κ2) is 7.34. The predicted octanol–water partition coefficient (Wildman–Crippen LogP) is 6.00. The minimum absolute atomic E-state index is 0.244. The Balaban J connectivity index is 2.45. The van der Waals surface area contributed by atoms with E-state index < -0.39 is 5.41 Å². The molecule has 112 valence electrons. The van der Waals surface area contributed by atoms with Crippen LogP contribution in [0.25, 0.3) is 0 Å². The molecule has 2 rings (SSSR count). The molecule has 5 heteroatoms. The molecule has 0 fully saturated rings. The van der Waals surface area contributed by atoms with Gasteiger partial charge in [-0.15, -0.1) is 0 Å². The van der Waals surface area contributed by atoms with Crippen molar-refractivity contribution < 1.29 is 8.78 Å². The van der Waals surface area contributed by atoms with E-state index >= 15 is 0 Å². The number of benzene rings is 2. The van der Waals surface area contributed by atoms with Crippen molar-refractivity contribution in [3.8, 4) is 0 Å². The maximum Gasteiger partial charge on any atom is 0.127 e. The van der Waals surface area contributed by atoms with E-state index in [4.69, 9.17) is 0 Å². The quantitative estimate of drug-likeness (QED) is 0.459. The minimum atomic E-state index is -0.474. The van der Waals surface area contributed by atoms with E-state index in [1.54, 1.807) is 12.1 Å². The molecule has 0 aliphatic heterocycles. The maximum absolute atomic E-state index is 14.2. The van der Waals surface area contributed by atoms with Gasteiger partial charge in [-0.1, -0.05) is 66.0 Å². The van der Waals surface area contributed by atoms with E-state index in [0.717, 1.165) is 5.56 Å². The lowest BCUT2D eigenvalue weighted by Crippen LogP contribution is -2.34.